The van der Waals surface area contributed by atoms with Gasteiger partial charge in [-0.05, 0) is 5.92 Å². The summed E-state index contributed by atoms with van der Waals surface area (Å²) in [5, 5.41) is 0. The summed E-state index contributed by atoms with van der Waals surface area (Å²) in [7, 11) is 0. The summed E-state index contributed by atoms with van der Waals surface area (Å²) >= 11 is 0. The van der Waals surface area contributed by atoms with Crippen molar-refractivity contribution in [3.8, 4) is 0 Å². The van der Waals surface area contributed by atoms with Gasteiger partial charge in [0.25, 0.3) is 0 Å². The predicted molar refractivity (Wildman–Crippen MR) is 80.2 cm³/mol. The van der Waals surface area contributed by atoms with Crippen LogP contribution >= 0.6 is 0 Å². The fourth-order valence-electron chi connectivity index (χ4n) is 2.57. The van der Waals surface area contributed by atoms with Gasteiger partial charge in [-0.3, -0.25) is 0 Å². The highest BCUT2D eigenvalue weighted by Crippen LogP contribution is 2.23. The van der Waals surface area contributed by atoms with E-state index in [2.05, 4.69) is 20.8 Å². The van der Waals surface area contributed by atoms with Crippen molar-refractivity contribution in [3.63, 3.8) is 0 Å². The number of rotatable bonds is 13. The topological polar surface area (TPSA) is 0 Å². The summed E-state index contributed by atoms with van der Waals surface area (Å²) in [5.74, 6) is 1.02. The first-order chi connectivity index (χ1) is 8.35. The van der Waals surface area contributed by atoms with Crippen molar-refractivity contribution in [3.05, 3.63) is 6.92 Å². The molecule has 0 amide bonds. The fourth-order valence-corrected chi connectivity index (χ4v) is 2.57. The van der Waals surface area contributed by atoms with E-state index in [4.69, 9.17) is 0 Å². The minimum atomic E-state index is 1.02. The number of unbranched alkanes of at least 4 members (excludes halogenated alkanes) is 7. The van der Waals surface area contributed by atoms with E-state index in [0.717, 1.165) is 12.3 Å². The van der Waals surface area contributed by atoms with E-state index >= 15 is 0 Å². The Bertz CT molecular complexity index is 128. The van der Waals surface area contributed by atoms with E-state index in [0.29, 0.717) is 0 Å². The maximum atomic E-state index is 3.94. The molecule has 17 heavy (non-hydrogen) atoms. The predicted octanol–water partition coefficient (Wildman–Crippen LogP) is 6.55. The molecule has 0 aliphatic rings. The van der Waals surface area contributed by atoms with Crippen LogP contribution in [0.2, 0.25) is 0 Å². The van der Waals surface area contributed by atoms with Gasteiger partial charge in [0, 0.05) is 0 Å². The maximum Gasteiger partial charge on any atom is -0.0414 e. The molecular weight excluding hydrogens is 204 g/mol. The zero-order valence-electron chi connectivity index (χ0n) is 12.5. The maximum absolute atomic E-state index is 3.94. The minimum absolute atomic E-state index is 1.02. The van der Waals surface area contributed by atoms with Crippen LogP contribution in [0.3, 0.4) is 0 Å². The molecule has 0 rings (SSSR count). The Labute approximate surface area is 111 Å². The Balaban J connectivity index is 3.53. The Morgan fingerprint density at radius 3 is 1.76 bits per heavy atom. The molecule has 0 fully saturated rings. The van der Waals surface area contributed by atoms with Gasteiger partial charge in [0.15, 0.2) is 0 Å². The first-order valence-electron chi connectivity index (χ1n) is 8.14. The van der Waals surface area contributed by atoms with Crippen LogP contribution < -0.4 is 0 Å². The lowest BCUT2D eigenvalue weighted by Gasteiger charge is -2.16. The van der Waals surface area contributed by atoms with Crippen LogP contribution in [0.25, 0.3) is 0 Å². The van der Waals surface area contributed by atoms with Gasteiger partial charge in [0.1, 0.15) is 0 Å². The molecule has 0 aliphatic heterocycles. The normalized spacial score (nSPS) is 12.9. The third-order valence-electron chi connectivity index (χ3n) is 3.79. The van der Waals surface area contributed by atoms with E-state index in [9.17, 15) is 0 Å². The molecular formula is C17H35. The van der Waals surface area contributed by atoms with Crippen molar-refractivity contribution in [1.29, 1.82) is 0 Å². The molecule has 103 valence electrons. The average molecular weight is 239 g/mol. The summed E-state index contributed by atoms with van der Waals surface area (Å²) < 4.78 is 0. The highest BCUT2D eigenvalue weighted by atomic mass is 14.1. The average Bonchev–Trinajstić information content (AvgIpc) is 2.35. The molecule has 0 aromatic heterocycles. The SMILES string of the molecule is [CH2]CCCCC(CCCC)CCCCCCC. The molecule has 0 heterocycles. The van der Waals surface area contributed by atoms with Crippen LogP contribution in [-0.4, -0.2) is 0 Å². The first kappa shape index (κ1) is 17.0. The molecule has 0 saturated carbocycles. The fraction of sp³-hybridized carbons (Fsp3) is 0.941. The largest absolute Gasteiger partial charge is 0.0654 e. The molecule has 0 saturated heterocycles. The van der Waals surface area contributed by atoms with Crippen molar-refractivity contribution in [1.82, 2.24) is 0 Å². The standard InChI is InChI=1S/C17H35/c1-4-7-10-11-13-16-17(14-9-6-3)15-12-8-5-2/h17H,2,4-16H2,1,3H3. The first-order valence-corrected chi connectivity index (χ1v) is 8.14. The highest BCUT2D eigenvalue weighted by molar-refractivity contribution is 4.61. The van der Waals surface area contributed by atoms with E-state index in [1.807, 2.05) is 0 Å². The highest BCUT2D eigenvalue weighted by Gasteiger charge is 2.07. The van der Waals surface area contributed by atoms with E-state index < -0.39 is 0 Å². The van der Waals surface area contributed by atoms with Crippen molar-refractivity contribution in [2.45, 2.75) is 97.3 Å². The van der Waals surface area contributed by atoms with Gasteiger partial charge in [-0.25, -0.2) is 0 Å². The molecule has 0 bridgehead atoms. The molecule has 0 aromatic rings. The Hall–Kier alpha value is 0. The lowest BCUT2D eigenvalue weighted by molar-refractivity contribution is 0.374. The van der Waals surface area contributed by atoms with Crippen LogP contribution in [0.1, 0.15) is 97.3 Å². The van der Waals surface area contributed by atoms with Gasteiger partial charge < -0.3 is 0 Å². The van der Waals surface area contributed by atoms with Crippen LogP contribution in [0.5, 0.6) is 0 Å². The summed E-state index contributed by atoms with van der Waals surface area (Å²) in [6.45, 7) is 8.55. The van der Waals surface area contributed by atoms with Gasteiger partial charge in [-0.2, -0.15) is 0 Å². The molecule has 1 radical (unpaired) electrons. The summed E-state index contributed by atoms with van der Waals surface area (Å²) in [6, 6.07) is 0. The van der Waals surface area contributed by atoms with Crippen LogP contribution in [0, 0.1) is 12.8 Å². The monoisotopic (exact) mass is 239 g/mol. The second-order valence-corrected chi connectivity index (χ2v) is 5.56. The third-order valence-corrected chi connectivity index (χ3v) is 3.79. The number of hydrogen-bond donors (Lipinski definition) is 0. The molecule has 1 atom stereocenters. The second-order valence-electron chi connectivity index (χ2n) is 5.56. The number of hydrogen-bond acceptors (Lipinski definition) is 0. The quantitative estimate of drug-likeness (QED) is 0.320. The third kappa shape index (κ3) is 12.2. The second kappa shape index (κ2) is 14.1. The van der Waals surface area contributed by atoms with E-state index in [1.54, 1.807) is 0 Å². The Morgan fingerprint density at radius 2 is 1.18 bits per heavy atom. The van der Waals surface area contributed by atoms with Crippen LogP contribution in [-0.2, 0) is 0 Å². The van der Waals surface area contributed by atoms with Crippen molar-refractivity contribution in [2.24, 2.45) is 5.92 Å². The molecule has 0 nitrogen and oxygen atoms in total. The molecule has 0 N–H and O–H groups in total. The van der Waals surface area contributed by atoms with Crippen LogP contribution in [0.4, 0.5) is 0 Å². The van der Waals surface area contributed by atoms with E-state index in [-0.39, 0.29) is 0 Å². The van der Waals surface area contributed by atoms with Gasteiger partial charge in [-0.15, -0.1) is 0 Å². The lowest BCUT2D eigenvalue weighted by atomic mass is 9.90. The molecule has 1 unspecified atom stereocenters. The van der Waals surface area contributed by atoms with Gasteiger partial charge >= 0.3 is 0 Å². The summed E-state index contributed by atoms with van der Waals surface area (Å²) in [6.07, 6.45) is 18.3. The van der Waals surface area contributed by atoms with Gasteiger partial charge in [0.05, 0.1) is 0 Å². The molecule has 0 aliphatic carbocycles. The van der Waals surface area contributed by atoms with Crippen LogP contribution in [0.15, 0.2) is 0 Å². The Morgan fingerprint density at radius 1 is 0.647 bits per heavy atom. The zero-order chi connectivity index (χ0) is 12.8. The van der Waals surface area contributed by atoms with Crippen molar-refractivity contribution < 1.29 is 0 Å². The summed E-state index contributed by atoms with van der Waals surface area (Å²) in [4.78, 5) is 0. The van der Waals surface area contributed by atoms with Crippen molar-refractivity contribution in [2.75, 3.05) is 0 Å². The van der Waals surface area contributed by atoms with Crippen molar-refractivity contribution >= 4 is 0 Å². The molecule has 0 aromatic carbocycles. The van der Waals surface area contributed by atoms with Gasteiger partial charge in [-0.1, -0.05) is 104 Å². The lowest BCUT2D eigenvalue weighted by Crippen LogP contribution is -2.01. The zero-order valence-corrected chi connectivity index (χ0v) is 12.5. The molecule has 0 spiro atoms. The van der Waals surface area contributed by atoms with Gasteiger partial charge in [0.2, 0.25) is 0 Å². The molecule has 0 heteroatoms. The smallest absolute Gasteiger partial charge is 0.0414 e. The summed E-state index contributed by atoms with van der Waals surface area (Å²) in [5.41, 5.74) is 0. The van der Waals surface area contributed by atoms with E-state index in [1.165, 1.54) is 77.0 Å². The Kier molecular flexibility index (Phi) is 14.1. The minimum Gasteiger partial charge on any atom is -0.0654 e.